The van der Waals surface area contributed by atoms with Gasteiger partial charge in [0.25, 0.3) is 5.56 Å². The molecular formula is C13H16N2O2. The third kappa shape index (κ3) is 2.25. The second kappa shape index (κ2) is 5.15. The zero-order chi connectivity index (χ0) is 12.3. The van der Waals surface area contributed by atoms with Crippen LogP contribution in [-0.2, 0) is 30.5 Å². The first kappa shape index (κ1) is 11.9. The molecule has 0 radical (unpaired) electrons. The van der Waals surface area contributed by atoms with Crippen LogP contribution in [0.4, 0.5) is 0 Å². The standard InChI is InChI=1S/C13H16N2O2/c1-17-8-7-15-12-4-2-3-10(12)9-11(5-6-14)13(15)16/h9H,2-5,7-8H2,1H3. The number of aromatic nitrogens is 1. The molecule has 0 amide bonds. The van der Waals surface area contributed by atoms with Crippen LogP contribution in [0.5, 0.6) is 0 Å². The van der Waals surface area contributed by atoms with E-state index in [2.05, 4.69) is 6.07 Å². The summed E-state index contributed by atoms with van der Waals surface area (Å²) in [6.07, 6.45) is 3.26. The number of pyridine rings is 1. The largest absolute Gasteiger partial charge is 0.383 e. The molecule has 0 fully saturated rings. The molecule has 0 saturated carbocycles. The van der Waals surface area contributed by atoms with Crippen molar-refractivity contribution >= 4 is 0 Å². The molecule has 0 unspecified atom stereocenters. The highest BCUT2D eigenvalue weighted by Gasteiger charge is 2.18. The molecule has 1 aliphatic rings. The molecule has 0 bridgehead atoms. The van der Waals surface area contributed by atoms with E-state index in [1.54, 1.807) is 11.7 Å². The summed E-state index contributed by atoms with van der Waals surface area (Å²) in [6.45, 7) is 1.11. The first-order valence-electron chi connectivity index (χ1n) is 5.88. The van der Waals surface area contributed by atoms with Crippen molar-refractivity contribution in [1.82, 2.24) is 4.57 Å². The lowest BCUT2D eigenvalue weighted by atomic mass is 10.1. The fourth-order valence-corrected chi connectivity index (χ4v) is 2.41. The predicted octanol–water partition coefficient (Wildman–Crippen LogP) is 1.05. The summed E-state index contributed by atoms with van der Waals surface area (Å²) in [5, 5.41) is 8.74. The maximum absolute atomic E-state index is 12.2. The lowest BCUT2D eigenvalue weighted by molar-refractivity contribution is 0.185. The van der Waals surface area contributed by atoms with Crippen LogP contribution in [-0.4, -0.2) is 18.3 Å². The van der Waals surface area contributed by atoms with Crippen molar-refractivity contribution in [2.45, 2.75) is 32.2 Å². The molecule has 0 spiro atoms. The maximum atomic E-state index is 12.2. The van der Waals surface area contributed by atoms with Gasteiger partial charge in [0.05, 0.1) is 19.1 Å². The minimum absolute atomic E-state index is 0.0238. The van der Waals surface area contributed by atoms with E-state index in [1.165, 1.54) is 5.56 Å². The number of fused-ring (bicyclic) bond motifs is 1. The second-order valence-electron chi connectivity index (χ2n) is 4.28. The smallest absolute Gasteiger partial charge is 0.255 e. The molecule has 0 atom stereocenters. The van der Waals surface area contributed by atoms with E-state index >= 15 is 0 Å². The Kier molecular flexibility index (Phi) is 3.60. The number of methoxy groups -OCH3 is 1. The van der Waals surface area contributed by atoms with Crippen LogP contribution in [0.3, 0.4) is 0 Å². The Bertz CT molecular complexity index is 511. The number of hydrogen-bond acceptors (Lipinski definition) is 3. The minimum atomic E-state index is -0.0238. The summed E-state index contributed by atoms with van der Waals surface area (Å²) in [5.41, 5.74) is 2.95. The minimum Gasteiger partial charge on any atom is -0.383 e. The van der Waals surface area contributed by atoms with Crippen LogP contribution < -0.4 is 5.56 Å². The van der Waals surface area contributed by atoms with Gasteiger partial charge in [-0.3, -0.25) is 4.79 Å². The van der Waals surface area contributed by atoms with Crippen LogP contribution in [0, 0.1) is 11.3 Å². The van der Waals surface area contributed by atoms with Gasteiger partial charge < -0.3 is 9.30 Å². The zero-order valence-electron chi connectivity index (χ0n) is 10.0. The predicted molar refractivity (Wildman–Crippen MR) is 63.9 cm³/mol. The Balaban J connectivity index is 2.47. The number of rotatable bonds is 4. The average molecular weight is 232 g/mol. The third-order valence-corrected chi connectivity index (χ3v) is 3.21. The van der Waals surface area contributed by atoms with Crippen molar-refractivity contribution in [3.8, 4) is 6.07 Å². The van der Waals surface area contributed by atoms with Crippen molar-refractivity contribution in [1.29, 1.82) is 5.26 Å². The fraction of sp³-hybridized carbons (Fsp3) is 0.538. The maximum Gasteiger partial charge on any atom is 0.255 e. The summed E-state index contributed by atoms with van der Waals surface area (Å²) in [7, 11) is 1.63. The van der Waals surface area contributed by atoms with Crippen molar-refractivity contribution in [2.75, 3.05) is 13.7 Å². The van der Waals surface area contributed by atoms with Crippen LogP contribution in [0.1, 0.15) is 23.2 Å². The summed E-state index contributed by atoms with van der Waals surface area (Å²) >= 11 is 0. The molecule has 1 aromatic heterocycles. The second-order valence-corrected chi connectivity index (χ2v) is 4.28. The monoisotopic (exact) mass is 232 g/mol. The molecule has 17 heavy (non-hydrogen) atoms. The van der Waals surface area contributed by atoms with E-state index < -0.39 is 0 Å². The molecule has 0 aromatic carbocycles. The summed E-state index contributed by atoms with van der Waals surface area (Å²) in [4.78, 5) is 12.2. The van der Waals surface area contributed by atoms with Gasteiger partial charge in [0.2, 0.25) is 0 Å². The highest BCUT2D eigenvalue weighted by atomic mass is 16.5. The molecule has 2 rings (SSSR count). The van der Waals surface area contributed by atoms with Gasteiger partial charge in [0, 0.05) is 24.9 Å². The Labute approximate surface area is 100 Å². The molecule has 0 aliphatic heterocycles. The molecule has 1 heterocycles. The molecule has 1 aromatic rings. The third-order valence-electron chi connectivity index (χ3n) is 3.21. The van der Waals surface area contributed by atoms with Gasteiger partial charge >= 0.3 is 0 Å². The Morgan fingerprint density at radius 3 is 3.06 bits per heavy atom. The van der Waals surface area contributed by atoms with Crippen LogP contribution in [0.15, 0.2) is 10.9 Å². The van der Waals surface area contributed by atoms with Gasteiger partial charge in [-0.1, -0.05) is 0 Å². The highest BCUT2D eigenvalue weighted by molar-refractivity contribution is 5.31. The summed E-state index contributed by atoms with van der Waals surface area (Å²) in [6, 6.07) is 3.97. The SMILES string of the molecule is COCCn1c2c(cc(CC#N)c1=O)CCC2. The van der Waals surface area contributed by atoms with Crippen LogP contribution in [0.25, 0.3) is 0 Å². The average Bonchev–Trinajstić information content (AvgIpc) is 2.77. The van der Waals surface area contributed by atoms with Crippen molar-refractivity contribution in [3.63, 3.8) is 0 Å². The lowest BCUT2D eigenvalue weighted by Crippen LogP contribution is -2.28. The first-order valence-corrected chi connectivity index (χ1v) is 5.88. The Morgan fingerprint density at radius 2 is 2.35 bits per heavy atom. The van der Waals surface area contributed by atoms with E-state index in [0.717, 1.165) is 25.0 Å². The normalized spacial score (nSPS) is 13.4. The van der Waals surface area contributed by atoms with Gasteiger partial charge in [-0.2, -0.15) is 5.26 Å². The molecule has 0 saturated heterocycles. The Morgan fingerprint density at radius 1 is 1.53 bits per heavy atom. The number of hydrogen-bond donors (Lipinski definition) is 0. The molecule has 0 N–H and O–H groups in total. The molecule has 4 nitrogen and oxygen atoms in total. The van der Waals surface area contributed by atoms with E-state index in [1.807, 2.05) is 6.07 Å². The number of ether oxygens (including phenoxy) is 1. The number of nitrogens with zero attached hydrogens (tertiary/aromatic N) is 2. The quantitative estimate of drug-likeness (QED) is 0.779. The zero-order valence-corrected chi connectivity index (χ0v) is 10.0. The van der Waals surface area contributed by atoms with Gasteiger partial charge in [-0.05, 0) is 30.9 Å². The fourth-order valence-electron chi connectivity index (χ4n) is 2.41. The number of aryl methyl sites for hydroxylation is 1. The number of nitriles is 1. The van der Waals surface area contributed by atoms with Gasteiger partial charge in [0.1, 0.15) is 0 Å². The summed E-state index contributed by atoms with van der Waals surface area (Å²) in [5.74, 6) is 0. The topological polar surface area (TPSA) is 55.0 Å². The van der Waals surface area contributed by atoms with Crippen molar-refractivity contribution in [3.05, 3.63) is 33.2 Å². The van der Waals surface area contributed by atoms with Gasteiger partial charge in [0.15, 0.2) is 0 Å². The lowest BCUT2D eigenvalue weighted by Gasteiger charge is -2.13. The van der Waals surface area contributed by atoms with Crippen LogP contribution in [0.2, 0.25) is 0 Å². The molecule has 1 aliphatic carbocycles. The van der Waals surface area contributed by atoms with E-state index in [0.29, 0.717) is 18.7 Å². The summed E-state index contributed by atoms with van der Waals surface area (Å²) < 4.78 is 6.83. The first-order chi connectivity index (χ1) is 8.27. The Hall–Kier alpha value is -1.60. The highest BCUT2D eigenvalue weighted by Crippen LogP contribution is 2.21. The van der Waals surface area contributed by atoms with Crippen molar-refractivity contribution < 1.29 is 4.74 Å². The molecule has 90 valence electrons. The molecular weight excluding hydrogens is 216 g/mol. The van der Waals surface area contributed by atoms with Gasteiger partial charge in [-0.15, -0.1) is 0 Å². The van der Waals surface area contributed by atoms with E-state index in [9.17, 15) is 4.79 Å². The van der Waals surface area contributed by atoms with Crippen LogP contribution >= 0.6 is 0 Å². The van der Waals surface area contributed by atoms with E-state index in [-0.39, 0.29) is 12.0 Å². The molecule has 4 heteroatoms. The van der Waals surface area contributed by atoms with Gasteiger partial charge in [-0.25, -0.2) is 0 Å². The van der Waals surface area contributed by atoms with Crippen molar-refractivity contribution in [2.24, 2.45) is 0 Å². The van der Waals surface area contributed by atoms with E-state index in [4.69, 9.17) is 10.00 Å².